The van der Waals surface area contributed by atoms with Gasteiger partial charge in [0.05, 0.1) is 14.2 Å². The highest BCUT2D eigenvalue weighted by molar-refractivity contribution is 5.98. The Labute approximate surface area is 160 Å². The number of nitrogens with one attached hydrogen (secondary N) is 3. The van der Waals surface area contributed by atoms with Gasteiger partial charge in [0.25, 0.3) is 5.91 Å². The smallest absolute Gasteiger partial charge is 0.252 e. The van der Waals surface area contributed by atoms with Crippen LogP contribution in [0.15, 0.2) is 18.2 Å². The molecular weight excluding hydrogens is 358 g/mol. The standard InChI is InChI=1S/C18H27N3O4.ClH/c1-11(2)16(18(23)20-10-12-8-19-9-12)21-17(22)13-5-14(24-3)7-15(6-13)25-4;/h5-7,11-12,16,19H,8-10H2,1-4H3,(H,20,23)(H,21,22);1H. The van der Waals surface area contributed by atoms with Crippen molar-refractivity contribution in [1.82, 2.24) is 16.0 Å². The molecule has 1 atom stereocenters. The number of halogens is 1. The average molecular weight is 386 g/mol. The topological polar surface area (TPSA) is 88.7 Å². The van der Waals surface area contributed by atoms with E-state index in [1.54, 1.807) is 18.2 Å². The summed E-state index contributed by atoms with van der Waals surface area (Å²) in [5, 5.41) is 8.91. The fraction of sp³-hybridized carbons (Fsp3) is 0.556. The van der Waals surface area contributed by atoms with E-state index in [1.807, 2.05) is 13.8 Å². The number of amides is 2. The highest BCUT2D eigenvalue weighted by atomic mass is 35.5. The summed E-state index contributed by atoms with van der Waals surface area (Å²) in [5.41, 5.74) is 0.387. The second-order valence-corrected chi connectivity index (χ2v) is 6.57. The Morgan fingerprint density at radius 1 is 1.15 bits per heavy atom. The van der Waals surface area contributed by atoms with Crippen LogP contribution in [-0.2, 0) is 4.79 Å². The maximum absolute atomic E-state index is 12.6. The molecule has 1 aromatic rings. The second kappa shape index (κ2) is 10.2. The van der Waals surface area contributed by atoms with Crippen LogP contribution in [0.2, 0.25) is 0 Å². The highest BCUT2D eigenvalue weighted by Gasteiger charge is 2.26. The number of benzene rings is 1. The number of carbonyl (C=O) groups is 2. The van der Waals surface area contributed by atoms with Crippen LogP contribution in [0.25, 0.3) is 0 Å². The van der Waals surface area contributed by atoms with Gasteiger partial charge in [-0.25, -0.2) is 0 Å². The van der Waals surface area contributed by atoms with Crippen molar-refractivity contribution in [3.63, 3.8) is 0 Å². The molecule has 2 rings (SSSR count). The van der Waals surface area contributed by atoms with Gasteiger partial charge in [-0.3, -0.25) is 9.59 Å². The van der Waals surface area contributed by atoms with Gasteiger partial charge in [-0.15, -0.1) is 12.4 Å². The second-order valence-electron chi connectivity index (χ2n) is 6.57. The third kappa shape index (κ3) is 5.78. The molecule has 1 aromatic carbocycles. The number of rotatable bonds is 8. The number of hydrogen-bond acceptors (Lipinski definition) is 5. The Kier molecular flexibility index (Phi) is 8.68. The SMILES string of the molecule is COc1cc(OC)cc(C(=O)NC(C(=O)NCC2CNC2)C(C)C)c1.Cl. The first-order chi connectivity index (χ1) is 11.9. The van der Waals surface area contributed by atoms with Crippen molar-refractivity contribution in [2.24, 2.45) is 11.8 Å². The molecular formula is C18H28ClN3O4. The van der Waals surface area contributed by atoms with Gasteiger partial charge in [0, 0.05) is 37.2 Å². The van der Waals surface area contributed by atoms with Crippen LogP contribution in [0, 0.1) is 11.8 Å². The van der Waals surface area contributed by atoms with Crippen LogP contribution in [0.4, 0.5) is 0 Å². The fourth-order valence-electron chi connectivity index (χ4n) is 2.55. The number of carbonyl (C=O) groups excluding carboxylic acids is 2. The Morgan fingerprint density at radius 3 is 2.15 bits per heavy atom. The zero-order valence-corrected chi connectivity index (χ0v) is 16.4. The van der Waals surface area contributed by atoms with Crippen LogP contribution < -0.4 is 25.4 Å². The van der Waals surface area contributed by atoms with Crippen molar-refractivity contribution >= 4 is 24.2 Å². The average Bonchev–Trinajstić information content (AvgIpc) is 2.56. The van der Waals surface area contributed by atoms with Gasteiger partial charge in [0.1, 0.15) is 17.5 Å². The molecule has 1 heterocycles. The molecule has 1 aliphatic heterocycles. The predicted octanol–water partition coefficient (Wildman–Crippen LogP) is 1.22. The van der Waals surface area contributed by atoms with E-state index in [4.69, 9.17) is 9.47 Å². The summed E-state index contributed by atoms with van der Waals surface area (Å²) in [6.07, 6.45) is 0. The molecule has 0 aliphatic carbocycles. The van der Waals surface area contributed by atoms with Crippen molar-refractivity contribution in [3.8, 4) is 11.5 Å². The van der Waals surface area contributed by atoms with Gasteiger partial charge >= 0.3 is 0 Å². The number of hydrogen-bond donors (Lipinski definition) is 3. The zero-order chi connectivity index (χ0) is 18.4. The molecule has 0 aromatic heterocycles. The van der Waals surface area contributed by atoms with E-state index in [2.05, 4.69) is 16.0 Å². The molecule has 8 heteroatoms. The lowest BCUT2D eigenvalue weighted by atomic mass is 10.0. The summed E-state index contributed by atoms with van der Waals surface area (Å²) in [7, 11) is 3.05. The molecule has 0 radical (unpaired) electrons. The first kappa shape index (κ1) is 22.1. The lowest BCUT2D eigenvalue weighted by Gasteiger charge is -2.29. The summed E-state index contributed by atoms with van der Waals surface area (Å²) in [6.45, 7) is 6.27. The number of ether oxygens (including phenoxy) is 2. The van der Waals surface area contributed by atoms with Gasteiger partial charge in [0.2, 0.25) is 5.91 Å². The summed E-state index contributed by atoms with van der Waals surface area (Å²) in [5.74, 6) is 0.979. The van der Waals surface area contributed by atoms with Gasteiger partial charge in [-0.1, -0.05) is 13.8 Å². The molecule has 1 saturated heterocycles. The highest BCUT2D eigenvalue weighted by Crippen LogP contribution is 2.22. The Morgan fingerprint density at radius 2 is 1.73 bits per heavy atom. The summed E-state index contributed by atoms with van der Waals surface area (Å²) < 4.78 is 10.4. The molecule has 1 aliphatic rings. The molecule has 146 valence electrons. The molecule has 1 fully saturated rings. The van der Waals surface area contributed by atoms with E-state index < -0.39 is 6.04 Å². The van der Waals surface area contributed by atoms with Crippen LogP contribution in [-0.4, -0.2) is 51.7 Å². The fourth-order valence-corrected chi connectivity index (χ4v) is 2.55. The molecule has 3 N–H and O–H groups in total. The summed E-state index contributed by atoms with van der Waals surface area (Å²) in [6, 6.07) is 4.33. The van der Waals surface area contributed by atoms with Crippen LogP contribution in [0.1, 0.15) is 24.2 Å². The molecule has 2 amide bonds. The Hall–Kier alpha value is -1.99. The Balaban J connectivity index is 0.00000338. The Bertz CT molecular complexity index is 598. The third-order valence-electron chi connectivity index (χ3n) is 4.28. The van der Waals surface area contributed by atoms with Gasteiger partial charge < -0.3 is 25.4 Å². The van der Waals surface area contributed by atoms with E-state index in [9.17, 15) is 9.59 Å². The van der Waals surface area contributed by atoms with Crippen molar-refractivity contribution in [1.29, 1.82) is 0 Å². The lowest BCUT2D eigenvalue weighted by molar-refractivity contribution is -0.124. The molecule has 7 nitrogen and oxygen atoms in total. The zero-order valence-electron chi connectivity index (χ0n) is 15.6. The van der Waals surface area contributed by atoms with Crippen molar-refractivity contribution in [3.05, 3.63) is 23.8 Å². The number of methoxy groups -OCH3 is 2. The summed E-state index contributed by atoms with van der Waals surface area (Å²) >= 11 is 0. The minimum atomic E-state index is -0.599. The van der Waals surface area contributed by atoms with Crippen molar-refractivity contribution < 1.29 is 19.1 Å². The third-order valence-corrected chi connectivity index (χ3v) is 4.28. The lowest BCUT2D eigenvalue weighted by Crippen LogP contribution is -2.53. The summed E-state index contributed by atoms with van der Waals surface area (Å²) in [4.78, 5) is 25.0. The van der Waals surface area contributed by atoms with Gasteiger partial charge in [-0.2, -0.15) is 0 Å². The van der Waals surface area contributed by atoms with E-state index in [0.717, 1.165) is 13.1 Å². The minimum absolute atomic E-state index is 0. The largest absolute Gasteiger partial charge is 0.497 e. The maximum atomic E-state index is 12.6. The van der Waals surface area contributed by atoms with E-state index in [-0.39, 0.29) is 30.1 Å². The quantitative estimate of drug-likeness (QED) is 0.626. The molecule has 0 saturated carbocycles. The normalized spacial score (nSPS) is 14.7. The van der Waals surface area contributed by atoms with Gasteiger partial charge in [-0.05, 0) is 18.1 Å². The van der Waals surface area contributed by atoms with Crippen LogP contribution in [0.5, 0.6) is 11.5 Å². The first-order valence-corrected chi connectivity index (χ1v) is 8.47. The molecule has 0 bridgehead atoms. The predicted molar refractivity (Wildman–Crippen MR) is 102 cm³/mol. The van der Waals surface area contributed by atoms with Crippen molar-refractivity contribution in [2.75, 3.05) is 33.9 Å². The molecule has 1 unspecified atom stereocenters. The van der Waals surface area contributed by atoms with Crippen molar-refractivity contribution in [2.45, 2.75) is 19.9 Å². The maximum Gasteiger partial charge on any atom is 0.252 e. The molecule has 26 heavy (non-hydrogen) atoms. The molecule has 0 spiro atoms. The van der Waals surface area contributed by atoms with Crippen LogP contribution >= 0.6 is 12.4 Å². The van der Waals surface area contributed by atoms with E-state index in [1.165, 1.54) is 14.2 Å². The monoisotopic (exact) mass is 385 g/mol. The minimum Gasteiger partial charge on any atom is -0.497 e. The first-order valence-electron chi connectivity index (χ1n) is 8.47. The van der Waals surface area contributed by atoms with E-state index in [0.29, 0.717) is 29.5 Å². The van der Waals surface area contributed by atoms with Gasteiger partial charge in [0.15, 0.2) is 0 Å². The van der Waals surface area contributed by atoms with Crippen LogP contribution in [0.3, 0.4) is 0 Å². The van der Waals surface area contributed by atoms with E-state index >= 15 is 0 Å².